The fourth-order valence-corrected chi connectivity index (χ4v) is 5.00. The fraction of sp³-hybridized carbons (Fsp3) is 0.333. The molecule has 0 saturated carbocycles. The van der Waals surface area contributed by atoms with E-state index in [1.807, 2.05) is 60.7 Å². The monoisotopic (exact) mass is 548 g/mol. The van der Waals surface area contributed by atoms with Crippen molar-refractivity contribution in [2.24, 2.45) is 0 Å². The van der Waals surface area contributed by atoms with Gasteiger partial charge < -0.3 is 28.4 Å². The highest BCUT2D eigenvalue weighted by Crippen LogP contribution is 2.42. The second-order valence-corrected chi connectivity index (χ2v) is 10.2. The van der Waals surface area contributed by atoms with E-state index in [0.29, 0.717) is 21.7 Å². The summed E-state index contributed by atoms with van der Waals surface area (Å²) >= 11 is 18.2. The Balaban J connectivity index is 1.26. The Labute approximate surface area is 223 Å². The van der Waals surface area contributed by atoms with Crippen molar-refractivity contribution in [2.75, 3.05) is 13.2 Å². The summed E-state index contributed by atoms with van der Waals surface area (Å²) in [5.74, 6) is 0. The molecule has 3 aliphatic rings. The van der Waals surface area contributed by atoms with Crippen LogP contribution in [0.5, 0.6) is 0 Å². The van der Waals surface area contributed by atoms with Crippen LogP contribution in [0, 0.1) is 0 Å². The van der Waals surface area contributed by atoms with Gasteiger partial charge in [-0.2, -0.15) is 0 Å². The first-order valence-corrected chi connectivity index (χ1v) is 12.8. The molecule has 0 aliphatic carbocycles. The van der Waals surface area contributed by atoms with Crippen molar-refractivity contribution in [1.82, 2.24) is 0 Å². The van der Waals surface area contributed by atoms with E-state index in [4.69, 9.17) is 63.2 Å². The second-order valence-electron chi connectivity index (χ2n) is 8.87. The molecule has 9 heteroatoms. The molecule has 3 aromatic rings. The van der Waals surface area contributed by atoms with Crippen molar-refractivity contribution >= 4 is 34.8 Å². The average Bonchev–Trinajstić information content (AvgIpc) is 3.50. The van der Waals surface area contributed by atoms with Crippen molar-refractivity contribution in [3.05, 3.63) is 105 Å². The number of halogens is 3. The molecule has 3 aliphatic heterocycles. The maximum Gasteiger partial charge on any atom is 0.184 e. The van der Waals surface area contributed by atoms with Crippen LogP contribution in [0.4, 0.5) is 0 Å². The maximum absolute atomic E-state index is 6.52. The highest BCUT2D eigenvalue weighted by atomic mass is 35.5. The topological polar surface area (TPSA) is 55.4 Å². The zero-order chi connectivity index (χ0) is 24.6. The average molecular weight is 550 g/mol. The van der Waals surface area contributed by atoms with Gasteiger partial charge in [-0.25, -0.2) is 0 Å². The largest absolute Gasteiger partial charge is 0.346 e. The van der Waals surface area contributed by atoms with Gasteiger partial charge in [0.15, 0.2) is 18.9 Å². The lowest BCUT2D eigenvalue weighted by atomic mass is 10.0. The smallest absolute Gasteiger partial charge is 0.184 e. The van der Waals surface area contributed by atoms with E-state index in [1.54, 1.807) is 12.1 Å². The molecule has 0 spiro atoms. The Hall–Kier alpha value is -1.71. The molecule has 3 unspecified atom stereocenters. The lowest BCUT2D eigenvalue weighted by Crippen LogP contribution is -2.45. The molecule has 3 saturated heterocycles. The van der Waals surface area contributed by atoms with Crippen LogP contribution in [0.1, 0.15) is 35.6 Å². The van der Waals surface area contributed by atoms with Gasteiger partial charge in [-0.1, -0.05) is 71.2 Å². The van der Waals surface area contributed by atoms with E-state index in [2.05, 4.69) is 0 Å². The third-order valence-corrected chi connectivity index (χ3v) is 7.22. The first kappa shape index (κ1) is 24.6. The zero-order valence-corrected chi connectivity index (χ0v) is 21.2. The molecule has 0 aromatic heterocycles. The van der Waals surface area contributed by atoms with Crippen molar-refractivity contribution in [2.45, 2.75) is 43.3 Å². The van der Waals surface area contributed by atoms with Crippen LogP contribution < -0.4 is 0 Å². The van der Waals surface area contributed by atoms with E-state index in [9.17, 15) is 0 Å². The molecule has 6 rings (SSSR count). The third kappa shape index (κ3) is 5.16. The summed E-state index contributed by atoms with van der Waals surface area (Å²) in [7, 11) is 0. The summed E-state index contributed by atoms with van der Waals surface area (Å²) in [4.78, 5) is 0. The Morgan fingerprint density at radius 1 is 0.444 bits per heavy atom. The minimum absolute atomic E-state index is 0.284. The zero-order valence-electron chi connectivity index (χ0n) is 19.0. The van der Waals surface area contributed by atoms with Crippen LogP contribution >= 0.6 is 34.8 Å². The molecular weight excluding hydrogens is 527 g/mol. The maximum atomic E-state index is 6.52. The van der Waals surface area contributed by atoms with Crippen LogP contribution in [0.25, 0.3) is 0 Å². The van der Waals surface area contributed by atoms with E-state index in [1.165, 1.54) is 0 Å². The first-order chi connectivity index (χ1) is 17.5. The molecule has 6 nitrogen and oxygen atoms in total. The number of hydrogen-bond acceptors (Lipinski definition) is 6. The molecule has 0 bridgehead atoms. The first-order valence-electron chi connectivity index (χ1n) is 11.6. The molecule has 36 heavy (non-hydrogen) atoms. The molecule has 7 atom stereocenters. The van der Waals surface area contributed by atoms with E-state index in [0.717, 1.165) is 16.7 Å². The summed E-state index contributed by atoms with van der Waals surface area (Å²) in [5.41, 5.74) is 2.58. The van der Waals surface area contributed by atoms with Crippen molar-refractivity contribution in [3.8, 4) is 0 Å². The van der Waals surface area contributed by atoms with E-state index >= 15 is 0 Å². The van der Waals surface area contributed by atoms with Gasteiger partial charge in [0.05, 0.1) is 13.2 Å². The molecule has 0 N–H and O–H groups in total. The molecule has 3 aromatic carbocycles. The second kappa shape index (κ2) is 10.6. The van der Waals surface area contributed by atoms with Crippen LogP contribution in [0.2, 0.25) is 15.1 Å². The number of benzene rings is 3. The van der Waals surface area contributed by atoms with Gasteiger partial charge >= 0.3 is 0 Å². The van der Waals surface area contributed by atoms with Crippen LogP contribution in [-0.4, -0.2) is 37.6 Å². The fourth-order valence-electron chi connectivity index (χ4n) is 4.62. The lowest BCUT2D eigenvalue weighted by Gasteiger charge is -2.29. The summed E-state index contributed by atoms with van der Waals surface area (Å²) in [6, 6.07) is 22.2. The normalized spacial score (nSPS) is 32.2. The molecular formula is C27H23Cl3O6. The lowest BCUT2D eigenvalue weighted by molar-refractivity contribution is -0.217. The Kier molecular flexibility index (Phi) is 7.23. The van der Waals surface area contributed by atoms with E-state index < -0.39 is 37.2 Å². The van der Waals surface area contributed by atoms with Gasteiger partial charge in [-0.05, 0) is 36.4 Å². The molecule has 0 amide bonds. The predicted octanol–water partition coefficient (Wildman–Crippen LogP) is 6.66. The molecule has 3 fully saturated rings. The van der Waals surface area contributed by atoms with Crippen molar-refractivity contribution < 1.29 is 28.4 Å². The summed E-state index contributed by atoms with van der Waals surface area (Å²) in [6.07, 6.45) is -3.51. The summed E-state index contributed by atoms with van der Waals surface area (Å²) in [6.45, 7) is 0.607. The van der Waals surface area contributed by atoms with Gasteiger partial charge in [-0.15, -0.1) is 0 Å². The summed E-state index contributed by atoms with van der Waals surface area (Å²) in [5, 5.41) is 1.93. The highest BCUT2D eigenvalue weighted by molar-refractivity contribution is 6.31. The minimum Gasteiger partial charge on any atom is -0.346 e. The SMILES string of the molecule is Clc1ccc(C2OC[C@H]3OC(c4ccc(Cl)cc4)O[C@@H]3[C@H]([C@@H]3COC(c4ccc(Cl)cc4)O3)O2)cc1. The van der Waals surface area contributed by atoms with Gasteiger partial charge in [0.2, 0.25) is 0 Å². The van der Waals surface area contributed by atoms with Crippen molar-refractivity contribution in [1.29, 1.82) is 0 Å². The van der Waals surface area contributed by atoms with E-state index in [-0.39, 0.29) is 12.7 Å². The van der Waals surface area contributed by atoms with Crippen LogP contribution in [-0.2, 0) is 28.4 Å². The van der Waals surface area contributed by atoms with Crippen LogP contribution in [0.3, 0.4) is 0 Å². The summed E-state index contributed by atoms with van der Waals surface area (Å²) < 4.78 is 37.7. The van der Waals surface area contributed by atoms with Gasteiger partial charge in [0.1, 0.15) is 24.4 Å². The Bertz CT molecular complexity index is 1170. The molecule has 3 heterocycles. The van der Waals surface area contributed by atoms with Gasteiger partial charge in [0.25, 0.3) is 0 Å². The minimum atomic E-state index is -0.641. The van der Waals surface area contributed by atoms with Gasteiger partial charge in [0, 0.05) is 31.8 Å². The van der Waals surface area contributed by atoms with Crippen LogP contribution in [0.15, 0.2) is 72.8 Å². The number of rotatable bonds is 4. The number of fused-ring (bicyclic) bond motifs is 1. The quantitative estimate of drug-likeness (QED) is 0.363. The number of ether oxygens (including phenoxy) is 6. The molecule has 0 radical (unpaired) electrons. The Morgan fingerprint density at radius 3 is 1.22 bits per heavy atom. The standard InChI is InChI=1S/C27H23Cl3O6/c28-18-7-1-15(2-8-18)25-31-13-21(33-25)23-24-22(34-27(36-24)17-5-11-20(30)12-6-17)14-32-26(35-23)16-3-9-19(29)10-4-16/h1-12,21-27H,13-14H2/t21-,22+,23-,24-,25?,26?,27?/m0/s1. The number of hydrogen-bond donors (Lipinski definition) is 0. The van der Waals surface area contributed by atoms with Crippen molar-refractivity contribution in [3.63, 3.8) is 0 Å². The third-order valence-electron chi connectivity index (χ3n) is 6.47. The highest BCUT2D eigenvalue weighted by Gasteiger charge is 2.50. The molecule has 188 valence electrons. The van der Waals surface area contributed by atoms with Gasteiger partial charge in [-0.3, -0.25) is 0 Å². The predicted molar refractivity (Wildman–Crippen MR) is 134 cm³/mol. The Morgan fingerprint density at radius 2 is 0.778 bits per heavy atom.